The minimum Gasteiger partial charge on any atom is -0.496 e. The third kappa shape index (κ3) is 2.99. The fourth-order valence-electron chi connectivity index (χ4n) is 1.48. The Bertz CT molecular complexity index is 601. The predicted molar refractivity (Wildman–Crippen MR) is 68.0 cm³/mol. The maximum absolute atomic E-state index is 10.8. The molecule has 8 nitrogen and oxygen atoms in total. The number of hydrogen-bond donors (Lipinski definition) is 0. The van der Waals surface area contributed by atoms with Crippen LogP contribution in [0.5, 0.6) is 5.75 Å². The quantitative estimate of drug-likeness (QED) is 0.464. The molecular formula is C10H11N5O3S. The topological polar surface area (TPSA) is 96.0 Å². The van der Waals surface area contributed by atoms with Crippen molar-refractivity contribution < 1.29 is 9.66 Å². The highest BCUT2D eigenvalue weighted by molar-refractivity contribution is 7.98. The number of nitrogens with zero attached hydrogens (tertiary/aromatic N) is 5. The Morgan fingerprint density at radius 3 is 2.89 bits per heavy atom. The number of nitro groups is 1. The number of thioether (sulfide) groups is 1. The van der Waals surface area contributed by atoms with Gasteiger partial charge in [0.15, 0.2) is 0 Å². The van der Waals surface area contributed by atoms with E-state index in [0.717, 1.165) is 5.56 Å². The number of benzene rings is 1. The zero-order valence-electron chi connectivity index (χ0n) is 10.3. The third-order valence-electron chi connectivity index (χ3n) is 2.41. The van der Waals surface area contributed by atoms with Crippen molar-refractivity contribution in [1.82, 2.24) is 20.2 Å². The van der Waals surface area contributed by atoms with Crippen molar-refractivity contribution in [3.63, 3.8) is 0 Å². The molecule has 2 aromatic rings. The summed E-state index contributed by atoms with van der Waals surface area (Å²) in [4.78, 5) is 10.3. The lowest BCUT2D eigenvalue weighted by Crippen LogP contribution is -1.96. The molecule has 0 spiro atoms. The SMILES string of the molecule is COc1ccc([N+](=O)[O-])cc1CSc1nnnn1C. The van der Waals surface area contributed by atoms with Gasteiger partial charge in [-0.1, -0.05) is 11.8 Å². The highest BCUT2D eigenvalue weighted by Gasteiger charge is 2.13. The Morgan fingerprint density at radius 2 is 2.32 bits per heavy atom. The van der Waals surface area contributed by atoms with Gasteiger partial charge in [-0.2, -0.15) is 0 Å². The largest absolute Gasteiger partial charge is 0.496 e. The minimum atomic E-state index is -0.433. The summed E-state index contributed by atoms with van der Waals surface area (Å²) in [6, 6.07) is 4.50. The number of hydrogen-bond acceptors (Lipinski definition) is 7. The highest BCUT2D eigenvalue weighted by Crippen LogP contribution is 2.29. The molecule has 0 fully saturated rings. The maximum atomic E-state index is 10.8. The molecule has 1 aromatic heterocycles. The number of ether oxygens (including phenoxy) is 1. The first-order valence-electron chi connectivity index (χ1n) is 5.28. The molecular weight excluding hydrogens is 270 g/mol. The highest BCUT2D eigenvalue weighted by atomic mass is 32.2. The number of non-ortho nitro benzene ring substituents is 1. The van der Waals surface area contributed by atoms with Crippen LogP contribution < -0.4 is 4.74 Å². The zero-order chi connectivity index (χ0) is 13.8. The van der Waals surface area contributed by atoms with E-state index >= 15 is 0 Å². The molecule has 0 aliphatic rings. The fourth-order valence-corrected chi connectivity index (χ4v) is 2.30. The minimum absolute atomic E-state index is 0.0347. The summed E-state index contributed by atoms with van der Waals surface area (Å²) in [5.74, 6) is 1.09. The van der Waals surface area contributed by atoms with Crippen molar-refractivity contribution in [2.24, 2.45) is 7.05 Å². The predicted octanol–water partition coefficient (Wildman–Crippen LogP) is 1.42. The Kier molecular flexibility index (Phi) is 3.95. The van der Waals surface area contributed by atoms with E-state index in [-0.39, 0.29) is 5.69 Å². The van der Waals surface area contributed by atoms with Gasteiger partial charge in [-0.05, 0) is 16.5 Å². The third-order valence-corrected chi connectivity index (χ3v) is 3.47. The van der Waals surface area contributed by atoms with Crippen LogP contribution in [0.15, 0.2) is 23.4 Å². The number of methoxy groups -OCH3 is 1. The van der Waals surface area contributed by atoms with Crippen LogP contribution in [0, 0.1) is 10.1 Å². The standard InChI is InChI=1S/C10H11N5O3S/c1-14-10(11-12-13-14)19-6-7-5-8(15(16)17)3-4-9(7)18-2/h3-5H,6H2,1-2H3. The second kappa shape index (κ2) is 5.65. The van der Waals surface area contributed by atoms with Crippen LogP contribution in [0.3, 0.4) is 0 Å². The van der Waals surface area contributed by atoms with Crippen LogP contribution >= 0.6 is 11.8 Å². The molecule has 1 aromatic carbocycles. The Hall–Kier alpha value is -2.16. The molecule has 1 heterocycles. The second-order valence-electron chi connectivity index (χ2n) is 3.63. The van der Waals surface area contributed by atoms with E-state index < -0.39 is 4.92 Å². The van der Waals surface area contributed by atoms with E-state index in [4.69, 9.17) is 4.74 Å². The van der Waals surface area contributed by atoms with Gasteiger partial charge < -0.3 is 4.74 Å². The molecule has 0 aliphatic carbocycles. The van der Waals surface area contributed by atoms with Crippen molar-refractivity contribution in [2.75, 3.05) is 7.11 Å². The Labute approximate surface area is 112 Å². The van der Waals surface area contributed by atoms with Crippen LogP contribution in [0.2, 0.25) is 0 Å². The number of nitro benzene ring substituents is 1. The summed E-state index contributed by atoms with van der Waals surface area (Å²) in [6.45, 7) is 0. The average molecular weight is 281 g/mol. The molecule has 100 valence electrons. The van der Waals surface area contributed by atoms with Gasteiger partial charge in [0.2, 0.25) is 5.16 Å². The first-order chi connectivity index (χ1) is 9.11. The lowest BCUT2D eigenvalue weighted by Gasteiger charge is -2.07. The molecule has 0 radical (unpaired) electrons. The second-order valence-corrected chi connectivity index (χ2v) is 4.57. The van der Waals surface area contributed by atoms with E-state index in [1.807, 2.05) is 0 Å². The summed E-state index contributed by atoms with van der Waals surface area (Å²) in [7, 11) is 3.26. The van der Waals surface area contributed by atoms with Crippen LogP contribution in [0.4, 0.5) is 5.69 Å². The van der Waals surface area contributed by atoms with Crippen molar-refractivity contribution in [3.8, 4) is 5.75 Å². The maximum Gasteiger partial charge on any atom is 0.270 e. The molecule has 0 aliphatic heterocycles. The van der Waals surface area contributed by atoms with E-state index in [0.29, 0.717) is 16.7 Å². The van der Waals surface area contributed by atoms with Gasteiger partial charge in [0, 0.05) is 30.5 Å². The van der Waals surface area contributed by atoms with Crippen LogP contribution in [-0.4, -0.2) is 32.2 Å². The van der Waals surface area contributed by atoms with E-state index in [9.17, 15) is 10.1 Å². The lowest BCUT2D eigenvalue weighted by molar-refractivity contribution is -0.384. The van der Waals surface area contributed by atoms with Gasteiger partial charge in [0.05, 0.1) is 12.0 Å². The fraction of sp³-hybridized carbons (Fsp3) is 0.300. The van der Waals surface area contributed by atoms with Crippen molar-refractivity contribution in [1.29, 1.82) is 0 Å². The Morgan fingerprint density at radius 1 is 1.53 bits per heavy atom. The summed E-state index contributed by atoms with van der Waals surface area (Å²) in [5.41, 5.74) is 0.761. The van der Waals surface area contributed by atoms with Crippen molar-refractivity contribution >= 4 is 17.4 Å². The van der Waals surface area contributed by atoms with Gasteiger partial charge in [-0.15, -0.1) is 5.10 Å². The molecule has 0 saturated heterocycles. The van der Waals surface area contributed by atoms with E-state index in [1.54, 1.807) is 13.1 Å². The Balaban J connectivity index is 2.20. The lowest BCUT2D eigenvalue weighted by atomic mass is 10.2. The van der Waals surface area contributed by atoms with E-state index in [1.165, 1.54) is 35.7 Å². The van der Waals surface area contributed by atoms with Gasteiger partial charge in [-0.25, -0.2) is 4.68 Å². The number of tetrazole rings is 1. The number of aromatic nitrogens is 4. The number of rotatable bonds is 5. The summed E-state index contributed by atoms with van der Waals surface area (Å²) in [6.07, 6.45) is 0. The van der Waals surface area contributed by atoms with Gasteiger partial charge >= 0.3 is 0 Å². The molecule has 0 N–H and O–H groups in total. The molecule has 2 rings (SSSR count). The van der Waals surface area contributed by atoms with E-state index in [2.05, 4.69) is 15.5 Å². The molecule has 9 heteroatoms. The first kappa shape index (κ1) is 13.3. The average Bonchev–Trinajstić information content (AvgIpc) is 2.81. The van der Waals surface area contributed by atoms with Crippen molar-refractivity contribution in [2.45, 2.75) is 10.9 Å². The summed E-state index contributed by atoms with van der Waals surface area (Å²) in [5, 5.41) is 22.5. The summed E-state index contributed by atoms with van der Waals surface area (Å²) >= 11 is 1.38. The summed E-state index contributed by atoms with van der Waals surface area (Å²) < 4.78 is 6.72. The smallest absolute Gasteiger partial charge is 0.270 e. The molecule has 0 amide bonds. The van der Waals surface area contributed by atoms with Crippen LogP contribution in [0.1, 0.15) is 5.56 Å². The van der Waals surface area contributed by atoms with Crippen molar-refractivity contribution in [3.05, 3.63) is 33.9 Å². The van der Waals surface area contributed by atoms with Gasteiger partial charge in [-0.3, -0.25) is 10.1 Å². The molecule has 0 bridgehead atoms. The van der Waals surface area contributed by atoms with Crippen LogP contribution in [0.25, 0.3) is 0 Å². The molecule has 0 atom stereocenters. The van der Waals surface area contributed by atoms with Crippen LogP contribution in [-0.2, 0) is 12.8 Å². The number of aryl methyl sites for hydroxylation is 1. The molecule has 0 unspecified atom stereocenters. The normalized spacial score (nSPS) is 10.4. The molecule has 0 saturated carbocycles. The first-order valence-corrected chi connectivity index (χ1v) is 6.27. The molecule has 19 heavy (non-hydrogen) atoms. The van der Waals surface area contributed by atoms with Gasteiger partial charge in [0.1, 0.15) is 5.75 Å². The monoisotopic (exact) mass is 281 g/mol. The van der Waals surface area contributed by atoms with Gasteiger partial charge in [0.25, 0.3) is 5.69 Å². The zero-order valence-corrected chi connectivity index (χ0v) is 11.1.